The molecule has 17 nitrogen and oxygen atoms in total. The maximum Gasteiger partial charge on any atom is 0.312 e. The number of nitrogens with one attached hydrogen (secondary N) is 6. The molecule has 10 N–H and O–H groups in total. The Hall–Kier alpha value is -5.33. The second kappa shape index (κ2) is 23.4. The molecule has 0 saturated heterocycles. The van der Waals surface area contributed by atoms with Crippen molar-refractivity contribution in [1.82, 2.24) is 30.9 Å². The number of likely N-dealkylation sites (N-methyl/N-ethyl adjacent to an activating group) is 2. The summed E-state index contributed by atoms with van der Waals surface area (Å²) < 4.78 is 29.7. The summed E-state index contributed by atoms with van der Waals surface area (Å²) in [5.41, 5.74) is 10.5. The van der Waals surface area contributed by atoms with E-state index in [1.807, 2.05) is 78.8 Å². The van der Waals surface area contributed by atoms with Crippen molar-refractivity contribution in [2.45, 2.75) is 129 Å². The van der Waals surface area contributed by atoms with Crippen molar-refractivity contribution in [1.29, 1.82) is 0 Å². The van der Waals surface area contributed by atoms with Gasteiger partial charge >= 0.3 is 6.03 Å². The molecule has 0 heterocycles. The number of primary amides is 1. The van der Waals surface area contributed by atoms with E-state index in [4.69, 9.17) is 11.5 Å². The number of sulfonamides is 1. The molecule has 0 aliphatic carbocycles. The number of para-hydroxylation sites is 1. The van der Waals surface area contributed by atoms with Gasteiger partial charge in [0, 0.05) is 24.6 Å². The van der Waals surface area contributed by atoms with Crippen molar-refractivity contribution >= 4 is 51.3 Å². The molecule has 0 spiro atoms. The second-order valence-electron chi connectivity index (χ2n) is 18.2. The smallest absolute Gasteiger partial charge is 0.312 e. The monoisotopic (exact) mass is 898 g/mol. The molecule has 0 fully saturated rings. The molecule has 18 heteroatoms. The van der Waals surface area contributed by atoms with E-state index in [-0.39, 0.29) is 42.0 Å². The molecular weight excluding hydrogens is 827 g/mol. The molecule has 350 valence electrons. The van der Waals surface area contributed by atoms with E-state index in [9.17, 15) is 37.2 Å². The van der Waals surface area contributed by atoms with Gasteiger partial charge in [0.25, 0.3) is 15.9 Å². The maximum absolute atomic E-state index is 14.4. The number of anilines is 1. The summed E-state index contributed by atoms with van der Waals surface area (Å²) in [6.07, 6.45) is 2.44. The lowest BCUT2D eigenvalue weighted by Crippen LogP contribution is -2.61. The van der Waals surface area contributed by atoms with Crippen LogP contribution in [0.25, 0.3) is 0 Å². The van der Waals surface area contributed by atoms with E-state index >= 15 is 0 Å². The summed E-state index contributed by atoms with van der Waals surface area (Å²) in [6.45, 7) is 18.3. The van der Waals surface area contributed by atoms with Gasteiger partial charge in [-0.05, 0) is 68.2 Å². The van der Waals surface area contributed by atoms with Gasteiger partial charge < -0.3 is 43.0 Å². The number of nitrogens with two attached hydrogens (primary N) is 2. The minimum Gasteiger partial charge on any atom is -0.352 e. The third kappa shape index (κ3) is 15.5. The van der Waals surface area contributed by atoms with Gasteiger partial charge in [-0.3, -0.25) is 24.0 Å². The summed E-state index contributed by atoms with van der Waals surface area (Å²) in [7, 11) is -1.35. The Kier molecular flexibility index (Phi) is 20.0. The number of benzene rings is 2. The lowest BCUT2D eigenvalue weighted by Gasteiger charge is -2.40. The van der Waals surface area contributed by atoms with Crippen molar-refractivity contribution < 1.29 is 37.2 Å². The van der Waals surface area contributed by atoms with Crippen molar-refractivity contribution in [3.63, 3.8) is 0 Å². The van der Waals surface area contributed by atoms with Crippen LogP contribution in [0.1, 0.15) is 94.1 Å². The van der Waals surface area contributed by atoms with Crippen LogP contribution in [0.3, 0.4) is 0 Å². The standard InChI is InChI=1S/C45H71N9O8S/c1-27(2)33(54(12)42(59)37(44(6,7)8)52-41(58)36(48-11)45(9,10)30-20-14-13-15-21-30)26-29(5)38(55)53-63(61,62)34-24-17-16-22-31(34)50-39(56)32(23-18-19-25-49-43(47)60)51-40(57)35(46)28(3)4/h13-17,20-22,24,26-28,32-33,35-37,48H,18-19,23,25,46H2,1-12H3,(H,50,56)(H,51,57)(H,52,58)(H,53,55)(H3,47,49,60)/b29-26+/t32-,33+,35-,36+,37+/m0/s1. The van der Waals surface area contributed by atoms with Gasteiger partial charge in [-0.25, -0.2) is 17.9 Å². The van der Waals surface area contributed by atoms with Crippen LogP contribution in [0.4, 0.5) is 10.5 Å². The van der Waals surface area contributed by atoms with E-state index in [0.29, 0.717) is 12.8 Å². The van der Waals surface area contributed by atoms with Gasteiger partial charge in [-0.2, -0.15) is 0 Å². The van der Waals surface area contributed by atoms with Gasteiger partial charge in [0.1, 0.15) is 17.0 Å². The lowest BCUT2D eigenvalue weighted by molar-refractivity contribution is -0.140. The van der Waals surface area contributed by atoms with Gasteiger partial charge in [0.2, 0.25) is 23.6 Å². The molecular formula is C45H71N9O8S. The molecule has 0 bridgehead atoms. The average molecular weight is 898 g/mol. The first-order chi connectivity index (χ1) is 29.2. The average Bonchev–Trinajstić information content (AvgIpc) is 3.20. The van der Waals surface area contributed by atoms with Gasteiger partial charge in [0.15, 0.2) is 0 Å². The highest BCUT2D eigenvalue weighted by molar-refractivity contribution is 7.90. The highest BCUT2D eigenvalue weighted by atomic mass is 32.2. The lowest BCUT2D eigenvalue weighted by atomic mass is 9.76. The van der Waals surface area contributed by atoms with Crippen LogP contribution in [0.15, 0.2) is 71.1 Å². The van der Waals surface area contributed by atoms with E-state index in [0.717, 1.165) is 5.56 Å². The molecule has 7 amide bonds. The predicted octanol–water partition coefficient (Wildman–Crippen LogP) is 3.26. The quantitative estimate of drug-likeness (QED) is 0.0632. The molecule has 0 saturated carbocycles. The first-order valence-corrected chi connectivity index (χ1v) is 22.7. The van der Waals surface area contributed by atoms with Crippen molar-refractivity contribution in [3.8, 4) is 0 Å². The zero-order chi connectivity index (χ0) is 48.0. The Labute approximate surface area is 373 Å². The van der Waals surface area contributed by atoms with Gasteiger partial charge in [0.05, 0.1) is 23.8 Å². The molecule has 2 aromatic carbocycles. The first kappa shape index (κ1) is 53.8. The number of urea groups is 1. The van der Waals surface area contributed by atoms with Gasteiger partial charge in [-0.1, -0.05) is 111 Å². The molecule has 2 rings (SSSR count). The summed E-state index contributed by atoms with van der Waals surface area (Å²) in [6, 6.07) is 9.94. The fraction of sp³-hybridized carbons (Fsp3) is 0.556. The Balaban J connectivity index is 2.36. The number of unbranched alkanes of at least 4 members (excludes halogenated alkanes) is 1. The fourth-order valence-electron chi connectivity index (χ4n) is 6.97. The first-order valence-electron chi connectivity index (χ1n) is 21.2. The minimum atomic E-state index is -4.62. The van der Waals surface area contributed by atoms with Crippen LogP contribution < -0.4 is 42.8 Å². The zero-order valence-electron chi connectivity index (χ0n) is 38.9. The van der Waals surface area contributed by atoms with Crippen LogP contribution in [0.2, 0.25) is 0 Å². The fourth-order valence-corrected chi connectivity index (χ4v) is 8.15. The molecule has 0 aliphatic rings. The third-order valence-electron chi connectivity index (χ3n) is 11.0. The van der Waals surface area contributed by atoms with E-state index in [1.165, 1.54) is 42.2 Å². The number of rotatable bonds is 22. The predicted molar refractivity (Wildman–Crippen MR) is 245 cm³/mol. The Morgan fingerprint density at radius 1 is 0.794 bits per heavy atom. The number of carbonyl (C=O) groups excluding carboxylic acids is 6. The van der Waals surface area contributed by atoms with Crippen LogP contribution in [0, 0.1) is 17.3 Å². The molecule has 0 aromatic heterocycles. The Bertz CT molecular complexity index is 2050. The summed E-state index contributed by atoms with van der Waals surface area (Å²) in [4.78, 5) is 80.6. The van der Waals surface area contributed by atoms with Crippen molar-refractivity contribution in [2.75, 3.05) is 26.0 Å². The highest BCUT2D eigenvalue weighted by Gasteiger charge is 2.42. The molecule has 5 atom stereocenters. The van der Waals surface area contributed by atoms with E-state index < -0.39 is 85.6 Å². The van der Waals surface area contributed by atoms with Crippen molar-refractivity contribution in [2.24, 2.45) is 28.7 Å². The van der Waals surface area contributed by atoms with Gasteiger partial charge in [-0.15, -0.1) is 0 Å². The number of amides is 7. The topological polar surface area (TPSA) is 264 Å². The number of hydrogen-bond donors (Lipinski definition) is 8. The summed E-state index contributed by atoms with van der Waals surface area (Å²) >= 11 is 0. The largest absolute Gasteiger partial charge is 0.352 e. The number of hydrogen-bond acceptors (Lipinski definition) is 10. The third-order valence-corrected chi connectivity index (χ3v) is 12.4. The summed E-state index contributed by atoms with van der Waals surface area (Å²) in [5.74, 6) is -3.55. The summed E-state index contributed by atoms with van der Waals surface area (Å²) in [5, 5.41) is 13.8. The zero-order valence-corrected chi connectivity index (χ0v) is 39.7. The van der Waals surface area contributed by atoms with Crippen LogP contribution >= 0.6 is 0 Å². The number of carbonyl (C=O) groups is 6. The van der Waals surface area contributed by atoms with E-state index in [1.54, 1.807) is 27.9 Å². The van der Waals surface area contributed by atoms with Crippen LogP contribution in [-0.4, -0.2) is 99.7 Å². The molecule has 2 aromatic rings. The van der Waals surface area contributed by atoms with Crippen molar-refractivity contribution in [3.05, 3.63) is 71.8 Å². The Morgan fingerprint density at radius 3 is 1.92 bits per heavy atom. The minimum absolute atomic E-state index is 0.00950. The Morgan fingerprint density at radius 2 is 1.38 bits per heavy atom. The van der Waals surface area contributed by atoms with Crippen LogP contribution in [0.5, 0.6) is 0 Å². The molecule has 63 heavy (non-hydrogen) atoms. The number of nitrogens with zero attached hydrogens (tertiary/aromatic N) is 1. The van der Waals surface area contributed by atoms with Crippen LogP contribution in [-0.2, 0) is 39.4 Å². The van der Waals surface area contributed by atoms with E-state index in [2.05, 4.69) is 31.3 Å². The molecule has 0 unspecified atom stereocenters. The second-order valence-corrected chi connectivity index (χ2v) is 19.8. The molecule has 0 radical (unpaired) electrons. The normalized spacial score (nSPS) is 14.7. The maximum atomic E-state index is 14.4. The highest BCUT2D eigenvalue weighted by Crippen LogP contribution is 2.29. The SMILES string of the molecule is CN[C@H](C(=O)N[C@H](C(=O)N(C)[C@H](/C=C(\C)C(=O)NS(=O)(=O)c1ccccc1NC(=O)[C@H](CCCCNC(N)=O)NC(=O)[C@@H](N)C(C)C)C(C)C)C(C)(C)C)C(C)(C)c1ccccc1. The molecule has 0 aliphatic heterocycles.